The van der Waals surface area contributed by atoms with Gasteiger partial charge in [-0.3, -0.25) is 9.10 Å². The number of carbonyl (C=O) groups excluding carboxylic acids is 1. The standard InChI is InChI=1S/C22H29FN2O4S2/c1-17(2)29-20-11-9-19(10-12-20)25(31(3,27)28)15-22(26)24-13-6-14-30-16-18-7-4-5-8-21(18)23/h4-5,7-12,17H,6,13-16H2,1-3H3,(H,24,26). The van der Waals surface area contributed by atoms with E-state index < -0.39 is 10.0 Å². The Labute approximate surface area is 188 Å². The van der Waals surface area contributed by atoms with Crippen molar-refractivity contribution in [1.29, 1.82) is 0 Å². The van der Waals surface area contributed by atoms with E-state index in [-0.39, 0.29) is 24.4 Å². The number of nitrogens with zero attached hydrogens (tertiary/aromatic N) is 1. The number of thioether (sulfide) groups is 1. The van der Waals surface area contributed by atoms with Crippen LogP contribution in [0.4, 0.5) is 10.1 Å². The minimum atomic E-state index is -3.63. The van der Waals surface area contributed by atoms with Crippen LogP contribution < -0.4 is 14.4 Å². The van der Waals surface area contributed by atoms with Crippen LogP contribution in [0.5, 0.6) is 5.75 Å². The summed E-state index contributed by atoms with van der Waals surface area (Å²) in [7, 11) is -3.63. The van der Waals surface area contributed by atoms with E-state index in [2.05, 4.69) is 5.32 Å². The lowest BCUT2D eigenvalue weighted by molar-refractivity contribution is -0.119. The molecular weight excluding hydrogens is 439 g/mol. The molecule has 0 bridgehead atoms. The van der Waals surface area contributed by atoms with Crippen LogP contribution in [0.2, 0.25) is 0 Å². The molecule has 31 heavy (non-hydrogen) atoms. The molecule has 0 aliphatic heterocycles. The van der Waals surface area contributed by atoms with Crippen LogP contribution in [-0.2, 0) is 20.6 Å². The molecule has 0 heterocycles. The Balaban J connectivity index is 1.80. The first-order valence-corrected chi connectivity index (χ1v) is 13.0. The van der Waals surface area contributed by atoms with Crippen LogP contribution in [0, 0.1) is 5.82 Å². The highest BCUT2D eigenvalue weighted by molar-refractivity contribution is 7.98. The van der Waals surface area contributed by atoms with Crippen molar-refractivity contribution in [1.82, 2.24) is 5.32 Å². The van der Waals surface area contributed by atoms with Crippen LogP contribution in [0.15, 0.2) is 48.5 Å². The van der Waals surface area contributed by atoms with Gasteiger partial charge in [0.2, 0.25) is 15.9 Å². The lowest BCUT2D eigenvalue weighted by Gasteiger charge is -2.22. The molecule has 0 aliphatic rings. The highest BCUT2D eigenvalue weighted by Crippen LogP contribution is 2.22. The van der Waals surface area contributed by atoms with Gasteiger partial charge < -0.3 is 10.1 Å². The number of halogens is 1. The quantitative estimate of drug-likeness (QED) is 0.480. The van der Waals surface area contributed by atoms with E-state index in [0.717, 1.165) is 16.3 Å². The normalized spacial score (nSPS) is 11.4. The fraction of sp³-hybridized carbons (Fsp3) is 0.409. The molecule has 0 saturated carbocycles. The van der Waals surface area contributed by atoms with Gasteiger partial charge in [0, 0.05) is 12.3 Å². The SMILES string of the molecule is CC(C)Oc1ccc(N(CC(=O)NCCCSCc2ccccc2F)S(C)(=O)=O)cc1. The molecule has 0 saturated heterocycles. The van der Waals surface area contributed by atoms with Crippen molar-refractivity contribution in [2.24, 2.45) is 0 Å². The molecule has 0 unspecified atom stereocenters. The fourth-order valence-electron chi connectivity index (χ4n) is 2.75. The van der Waals surface area contributed by atoms with E-state index in [0.29, 0.717) is 35.7 Å². The Hall–Kier alpha value is -2.26. The molecule has 0 aromatic heterocycles. The summed E-state index contributed by atoms with van der Waals surface area (Å²) in [6, 6.07) is 13.2. The van der Waals surface area contributed by atoms with Gasteiger partial charge in [-0.05, 0) is 61.9 Å². The monoisotopic (exact) mass is 468 g/mol. The van der Waals surface area contributed by atoms with Crippen LogP contribution in [-0.4, -0.2) is 45.5 Å². The van der Waals surface area contributed by atoms with Crippen molar-refractivity contribution < 1.29 is 22.3 Å². The van der Waals surface area contributed by atoms with E-state index in [4.69, 9.17) is 4.74 Å². The van der Waals surface area contributed by atoms with E-state index in [1.165, 1.54) is 6.07 Å². The maximum Gasteiger partial charge on any atom is 0.240 e. The fourth-order valence-corrected chi connectivity index (χ4v) is 4.55. The first-order valence-electron chi connectivity index (χ1n) is 9.99. The van der Waals surface area contributed by atoms with Gasteiger partial charge in [-0.2, -0.15) is 11.8 Å². The Morgan fingerprint density at radius 2 is 1.84 bits per heavy atom. The number of sulfonamides is 1. The van der Waals surface area contributed by atoms with E-state index >= 15 is 0 Å². The predicted octanol–water partition coefficient (Wildman–Crippen LogP) is 3.82. The van der Waals surface area contributed by atoms with Gasteiger partial charge in [0.25, 0.3) is 0 Å². The maximum atomic E-state index is 13.6. The zero-order valence-corrected chi connectivity index (χ0v) is 19.6. The van der Waals surface area contributed by atoms with Crippen molar-refractivity contribution in [3.05, 3.63) is 59.9 Å². The molecule has 1 N–H and O–H groups in total. The topological polar surface area (TPSA) is 75.7 Å². The average molecular weight is 469 g/mol. The molecule has 0 aliphatic carbocycles. The lowest BCUT2D eigenvalue weighted by atomic mass is 10.2. The van der Waals surface area contributed by atoms with Crippen molar-refractivity contribution in [3.8, 4) is 5.75 Å². The predicted molar refractivity (Wildman–Crippen MR) is 125 cm³/mol. The Bertz CT molecular complexity index is 950. The van der Waals surface area contributed by atoms with Crippen molar-refractivity contribution in [3.63, 3.8) is 0 Å². The summed E-state index contributed by atoms with van der Waals surface area (Å²) in [6.45, 7) is 3.92. The molecule has 2 aromatic carbocycles. The van der Waals surface area contributed by atoms with Gasteiger partial charge >= 0.3 is 0 Å². The molecule has 0 spiro atoms. The summed E-state index contributed by atoms with van der Waals surface area (Å²) in [5, 5.41) is 2.75. The highest BCUT2D eigenvalue weighted by atomic mass is 32.2. The minimum Gasteiger partial charge on any atom is -0.491 e. The molecule has 2 aromatic rings. The zero-order chi connectivity index (χ0) is 22.9. The van der Waals surface area contributed by atoms with Crippen LogP contribution in [0.25, 0.3) is 0 Å². The minimum absolute atomic E-state index is 0.00696. The number of amides is 1. The van der Waals surface area contributed by atoms with E-state index in [9.17, 15) is 17.6 Å². The van der Waals surface area contributed by atoms with Crippen molar-refractivity contribution >= 4 is 33.4 Å². The second-order valence-corrected chi connectivity index (χ2v) is 10.3. The first-order chi connectivity index (χ1) is 14.7. The highest BCUT2D eigenvalue weighted by Gasteiger charge is 2.20. The molecule has 9 heteroatoms. The number of hydrogen-bond acceptors (Lipinski definition) is 5. The summed E-state index contributed by atoms with van der Waals surface area (Å²) in [5.74, 6) is 1.35. The first kappa shape index (κ1) is 25.0. The third-order valence-corrected chi connectivity index (χ3v) is 6.42. The average Bonchev–Trinajstić information content (AvgIpc) is 2.69. The molecule has 1 amide bonds. The van der Waals surface area contributed by atoms with E-state index in [1.54, 1.807) is 54.2 Å². The summed E-state index contributed by atoms with van der Waals surface area (Å²) in [4.78, 5) is 12.3. The molecule has 2 rings (SSSR count). The Kier molecular flexibility index (Phi) is 9.64. The van der Waals surface area contributed by atoms with Crippen LogP contribution in [0.1, 0.15) is 25.8 Å². The summed E-state index contributed by atoms with van der Waals surface area (Å²) >= 11 is 1.58. The summed E-state index contributed by atoms with van der Waals surface area (Å²) < 4.78 is 44.6. The number of carbonyl (C=O) groups is 1. The second kappa shape index (κ2) is 12.0. The number of rotatable bonds is 12. The zero-order valence-electron chi connectivity index (χ0n) is 18.0. The molecule has 0 radical (unpaired) electrons. The largest absolute Gasteiger partial charge is 0.491 e. The van der Waals surface area contributed by atoms with Gasteiger partial charge in [-0.15, -0.1) is 0 Å². The third-order valence-electron chi connectivity index (χ3n) is 4.19. The third kappa shape index (κ3) is 8.78. The number of hydrogen-bond donors (Lipinski definition) is 1. The van der Waals surface area contributed by atoms with Crippen LogP contribution in [0.3, 0.4) is 0 Å². The second-order valence-electron chi connectivity index (χ2n) is 7.28. The molecular formula is C22H29FN2O4S2. The Morgan fingerprint density at radius 1 is 1.16 bits per heavy atom. The molecule has 6 nitrogen and oxygen atoms in total. The summed E-state index contributed by atoms with van der Waals surface area (Å²) in [5.41, 5.74) is 1.05. The van der Waals surface area contributed by atoms with Gasteiger partial charge in [-0.25, -0.2) is 12.8 Å². The number of nitrogens with one attached hydrogen (secondary N) is 1. The number of ether oxygens (including phenoxy) is 1. The van der Waals surface area contributed by atoms with Gasteiger partial charge in [0.05, 0.1) is 18.0 Å². The van der Waals surface area contributed by atoms with Gasteiger partial charge in [0.1, 0.15) is 18.1 Å². The van der Waals surface area contributed by atoms with Crippen LogP contribution >= 0.6 is 11.8 Å². The maximum absolute atomic E-state index is 13.6. The molecule has 170 valence electrons. The summed E-state index contributed by atoms with van der Waals surface area (Å²) in [6.07, 6.45) is 1.77. The van der Waals surface area contributed by atoms with Gasteiger partial charge in [0.15, 0.2) is 0 Å². The van der Waals surface area contributed by atoms with E-state index in [1.807, 2.05) is 13.8 Å². The smallest absolute Gasteiger partial charge is 0.240 e. The Morgan fingerprint density at radius 3 is 2.45 bits per heavy atom. The molecule has 0 atom stereocenters. The number of anilines is 1. The van der Waals surface area contributed by atoms with Gasteiger partial charge in [-0.1, -0.05) is 18.2 Å². The molecule has 0 fully saturated rings. The van der Waals surface area contributed by atoms with Crippen molar-refractivity contribution in [2.45, 2.75) is 32.1 Å². The number of benzene rings is 2. The lowest BCUT2D eigenvalue weighted by Crippen LogP contribution is -2.40. The van der Waals surface area contributed by atoms with Crippen molar-refractivity contribution in [2.75, 3.05) is 29.4 Å².